The highest BCUT2D eigenvalue weighted by molar-refractivity contribution is 5.79. The van der Waals surface area contributed by atoms with E-state index in [1.807, 2.05) is 36.4 Å². The Balaban J connectivity index is 1.35. The number of aliphatic hydroxyl groups excluding tert-OH is 2. The molecule has 5 nitrogen and oxygen atoms in total. The largest absolute Gasteiger partial charge is 0.449 e. The van der Waals surface area contributed by atoms with Crippen molar-refractivity contribution in [2.45, 2.75) is 25.0 Å². The van der Waals surface area contributed by atoms with Crippen molar-refractivity contribution >= 4 is 6.09 Å². The Morgan fingerprint density at radius 3 is 2.26 bits per heavy atom. The second kappa shape index (κ2) is 8.88. The summed E-state index contributed by atoms with van der Waals surface area (Å²) in [6, 6.07) is 20.1. The molecule has 0 saturated heterocycles. The summed E-state index contributed by atoms with van der Waals surface area (Å²) in [4.78, 5) is 12.2. The lowest BCUT2D eigenvalue weighted by molar-refractivity contribution is 0.0183. The number of halogens is 1. The molecule has 0 heterocycles. The number of amides is 1. The fourth-order valence-electron chi connectivity index (χ4n) is 4.11. The first-order valence-electron chi connectivity index (χ1n) is 10.2. The first kappa shape index (κ1) is 21.0. The summed E-state index contributed by atoms with van der Waals surface area (Å²) in [5.74, 6) is -0.560. The maximum atomic E-state index is 13.5. The zero-order valence-corrected chi connectivity index (χ0v) is 17.1. The van der Waals surface area contributed by atoms with Gasteiger partial charge in [-0.3, -0.25) is 0 Å². The molecule has 3 N–H and O–H groups in total. The Hall–Kier alpha value is -3.22. The van der Waals surface area contributed by atoms with Crippen LogP contribution in [-0.4, -0.2) is 35.6 Å². The van der Waals surface area contributed by atoms with E-state index in [9.17, 15) is 19.4 Å². The van der Waals surface area contributed by atoms with Gasteiger partial charge in [0.2, 0.25) is 0 Å². The minimum absolute atomic E-state index is 0.0658. The number of hydrogen-bond donors (Lipinski definition) is 3. The van der Waals surface area contributed by atoms with Gasteiger partial charge in [-0.2, -0.15) is 0 Å². The van der Waals surface area contributed by atoms with Crippen molar-refractivity contribution < 1.29 is 24.1 Å². The molecule has 4 rings (SSSR count). The van der Waals surface area contributed by atoms with Crippen molar-refractivity contribution in [1.29, 1.82) is 0 Å². The summed E-state index contributed by atoms with van der Waals surface area (Å²) in [6.45, 7) is 1.62. The van der Waals surface area contributed by atoms with Gasteiger partial charge in [0.15, 0.2) is 0 Å². The smallest absolute Gasteiger partial charge is 0.407 e. The van der Waals surface area contributed by atoms with E-state index >= 15 is 0 Å². The number of ether oxygens (including phenoxy) is 1. The molecule has 1 amide bonds. The summed E-state index contributed by atoms with van der Waals surface area (Å²) in [7, 11) is 0. The van der Waals surface area contributed by atoms with Crippen LogP contribution in [-0.2, 0) is 4.74 Å². The summed E-state index contributed by atoms with van der Waals surface area (Å²) < 4.78 is 19.0. The van der Waals surface area contributed by atoms with Gasteiger partial charge in [0, 0.05) is 12.5 Å². The Morgan fingerprint density at radius 2 is 1.65 bits per heavy atom. The van der Waals surface area contributed by atoms with Gasteiger partial charge in [-0.05, 0) is 52.4 Å². The SMILES string of the molecule is Cc1cc(F)cc(C(O)C(O)CNC(=O)OCC2c3ccccc3-c3ccccc32)c1. The van der Waals surface area contributed by atoms with Gasteiger partial charge in [-0.15, -0.1) is 0 Å². The van der Waals surface area contributed by atoms with Crippen LogP contribution in [0.4, 0.5) is 9.18 Å². The number of rotatable bonds is 6. The molecule has 1 aliphatic carbocycles. The van der Waals surface area contributed by atoms with E-state index in [2.05, 4.69) is 17.4 Å². The molecule has 3 aromatic carbocycles. The Labute approximate surface area is 180 Å². The lowest BCUT2D eigenvalue weighted by Crippen LogP contribution is -2.36. The molecule has 3 aromatic rings. The highest BCUT2D eigenvalue weighted by Gasteiger charge is 2.29. The Morgan fingerprint density at radius 1 is 1.03 bits per heavy atom. The average molecular weight is 421 g/mol. The molecule has 2 unspecified atom stereocenters. The number of aliphatic hydroxyl groups is 2. The molecule has 1 aliphatic rings. The van der Waals surface area contributed by atoms with Gasteiger partial charge < -0.3 is 20.3 Å². The normalized spacial score (nSPS) is 14.5. The molecule has 160 valence electrons. The third-order valence-electron chi connectivity index (χ3n) is 5.57. The van der Waals surface area contributed by atoms with Gasteiger partial charge >= 0.3 is 6.09 Å². The van der Waals surface area contributed by atoms with E-state index in [0.29, 0.717) is 5.56 Å². The highest BCUT2D eigenvalue weighted by atomic mass is 19.1. The van der Waals surface area contributed by atoms with Crippen LogP contribution in [0.1, 0.15) is 34.3 Å². The number of aryl methyl sites for hydroxylation is 1. The number of hydrogen-bond acceptors (Lipinski definition) is 4. The summed E-state index contributed by atoms with van der Waals surface area (Å²) in [5, 5.41) is 22.9. The molecule has 0 spiro atoms. The predicted octanol–water partition coefficient (Wildman–Crippen LogP) is 4.07. The molecule has 0 fully saturated rings. The van der Waals surface area contributed by atoms with Crippen LogP contribution >= 0.6 is 0 Å². The quantitative estimate of drug-likeness (QED) is 0.561. The molecule has 0 aromatic heterocycles. The first-order valence-corrected chi connectivity index (χ1v) is 10.2. The number of benzene rings is 3. The Kier molecular flexibility index (Phi) is 6.02. The van der Waals surface area contributed by atoms with Crippen LogP contribution in [0.2, 0.25) is 0 Å². The van der Waals surface area contributed by atoms with Crippen molar-refractivity contribution in [3.05, 3.63) is 94.8 Å². The van der Waals surface area contributed by atoms with E-state index in [1.165, 1.54) is 6.07 Å². The zero-order chi connectivity index (χ0) is 22.0. The van der Waals surface area contributed by atoms with Crippen molar-refractivity contribution in [3.63, 3.8) is 0 Å². The van der Waals surface area contributed by atoms with Crippen molar-refractivity contribution in [3.8, 4) is 11.1 Å². The van der Waals surface area contributed by atoms with Crippen LogP contribution in [0, 0.1) is 12.7 Å². The minimum Gasteiger partial charge on any atom is -0.449 e. The zero-order valence-electron chi connectivity index (χ0n) is 17.1. The fourth-order valence-corrected chi connectivity index (χ4v) is 4.11. The lowest BCUT2D eigenvalue weighted by Gasteiger charge is -2.20. The second-order valence-corrected chi connectivity index (χ2v) is 7.78. The van der Waals surface area contributed by atoms with Gasteiger partial charge in [0.25, 0.3) is 0 Å². The second-order valence-electron chi connectivity index (χ2n) is 7.78. The molecular formula is C25H24FNO4. The Bertz CT molecular complexity index is 1030. The van der Waals surface area contributed by atoms with Crippen LogP contribution < -0.4 is 5.32 Å². The standard InChI is InChI=1S/C25H24FNO4/c1-15-10-16(12-17(26)11-15)24(29)23(28)13-27-25(30)31-14-22-20-8-4-2-6-18(20)19-7-3-5-9-21(19)22/h2-12,22-24,28-29H,13-14H2,1H3,(H,27,30). The molecular weight excluding hydrogens is 397 g/mol. The van der Waals surface area contributed by atoms with Crippen LogP contribution in [0.5, 0.6) is 0 Å². The minimum atomic E-state index is -1.33. The van der Waals surface area contributed by atoms with Crippen molar-refractivity contribution in [2.24, 2.45) is 0 Å². The number of carbonyl (C=O) groups is 1. The summed E-state index contributed by atoms with van der Waals surface area (Å²) in [6.07, 6.45) is -3.33. The summed E-state index contributed by atoms with van der Waals surface area (Å²) in [5.41, 5.74) is 5.36. The van der Waals surface area contributed by atoms with Crippen molar-refractivity contribution in [1.82, 2.24) is 5.32 Å². The number of alkyl carbamates (subject to hydrolysis) is 1. The molecule has 0 radical (unpaired) electrons. The van der Waals surface area contributed by atoms with Gasteiger partial charge in [-0.25, -0.2) is 9.18 Å². The predicted molar refractivity (Wildman–Crippen MR) is 115 cm³/mol. The fraction of sp³-hybridized carbons (Fsp3) is 0.240. The van der Waals surface area contributed by atoms with E-state index in [0.717, 1.165) is 28.3 Å². The maximum absolute atomic E-state index is 13.5. The maximum Gasteiger partial charge on any atom is 0.407 e. The molecule has 0 aliphatic heterocycles. The highest BCUT2D eigenvalue weighted by Crippen LogP contribution is 2.44. The van der Waals surface area contributed by atoms with E-state index in [1.54, 1.807) is 13.0 Å². The molecule has 0 bridgehead atoms. The molecule has 2 atom stereocenters. The van der Waals surface area contributed by atoms with E-state index < -0.39 is 24.1 Å². The molecule has 6 heteroatoms. The average Bonchev–Trinajstić information content (AvgIpc) is 3.08. The molecule has 0 saturated carbocycles. The third-order valence-corrected chi connectivity index (χ3v) is 5.57. The number of nitrogens with one attached hydrogen (secondary N) is 1. The van der Waals surface area contributed by atoms with Gasteiger partial charge in [0.1, 0.15) is 24.6 Å². The monoisotopic (exact) mass is 421 g/mol. The van der Waals surface area contributed by atoms with E-state index in [4.69, 9.17) is 4.74 Å². The van der Waals surface area contributed by atoms with Crippen LogP contribution in [0.15, 0.2) is 66.7 Å². The first-order chi connectivity index (χ1) is 14.9. The van der Waals surface area contributed by atoms with Gasteiger partial charge in [0.05, 0.1) is 0 Å². The van der Waals surface area contributed by atoms with Crippen LogP contribution in [0.25, 0.3) is 11.1 Å². The van der Waals surface area contributed by atoms with E-state index in [-0.39, 0.29) is 24.6 Å². The topological polar surface area (TPSA) is 78.8 Å². The lowest BCUT2D eigenvalue weighted by atomic mass is 9.98. The number of carbonyl (C=O) groups excluding carboxylic acids is 1. The van der Waals surface area contributed by atoms with Crippen molar-refractivity contribution in [2.75, 3.05) is 13.2 Å². The van der Waals surface area contributed by atoms with Crippen LogP contribution in [0.3, 0.4) is 0 Å². The third kappa shape index (κ3) is 4.45. The van der Waals surface area contributed by atoms with Gasteiger partial charge in [-0.1, -0.05) is 54.6 Å². The summed E-state index contributed by atoms with van der Waals surface area (Å²) >= 11 is 0. The molecule has 31 heavy (non-hydrogen) atoms. The number of fused-ring (bicyclic) bond motifs is 3.